The molecule has 0 bridgehead atoms. The molecule has 0 aliphatic heterocycles. The van der Waals surface area contributed by atoms with Crippen LogP contribution in [-0.2, 0) is 14.3 Å². The van der Waals surface area contributed by atoms with Gasteiger partial charge in [0.1, 0.15) is 11.4 Å². The van der Waals surface area contributed by atoms with E-state index in [2.05, 4.69) is 5.32 Å². The van der Waals surface area contributed by atoms with Gasteiger partial charge in [0.2, 0.25) is 5.91 Å². The average Bonchev–Trinajstić information content (AvgIpc) is 2.37. The second-order valence-corrected chi connectivity index (χ2v) is 5.44. The molecule has 112 valence electrons. The summed E-state index contributed by atoms with van der Waals surface area (Å²) in [5, 5.41) is 11.0. The number of nitrogens with one attached hydrogen (secondary N) is 1. The summed E-state index contributed by atoms with van der Waals surface area (Å²) in [5.74, 6) is -1.68. The lowest BCUT2D eigenvalue weighted by Crippen LogP contribution is -2.24. The first kappa shape index (κ1) is 16.6. The number of nitriles is 1. The summed E-state index contributed by atoms with van der Waals surface area (Å²) in [7, 11) is 0. The maximum atomic E-state index is 13.6. The third-order valence-corrected chi connectivity index (χ3v) is 2.35. The Morgan fingerprint density at radius 3 is 2.52 bits per heavy atom. The summed E-state index contributed by atoms with van der Waals surface area (Å²) in [5.41, 5.74) is -0.463. The molecule has 1 amide bonds. The molecule has 0 saturated carbocycles. The minimum atomic E-state index is -0.695. The van der Waals surface area contributed by atoms with Crippen molar-refractivity contribution in [2.24, 2.45) is 0 Å². The number of hydrogen-bond donors (Lipinski definition) is 1. The third-order valence-electron chi connectivity index (χ3n) is 2.35. The molecule has 0 atom stereocenters. The Hall–Kier alpha value is -2.42. The molecule has 1 rings (SSSR count). The molecule has 21 heavy (non-hydrogen) atoms. The lowest BCUT2D eigenvalue weighted by atomic mass is 10.2. The van der Waals surface area contributed by atoms with Gasteiger partial charge in [-0.2, -0.15) is 5.26 Å². The number of carbonyl (C=O) groups excluding carboxylic acids is 2. The normalized spacial score (nSPS) is 10.6. The number of amides is 1. The predicted molar refractivity (Wildman–Crippen MR) is 74.8 cm³/mol. The number of anilines is 1. The Bertz CT molecular complexity index is 586. The van der Waals surface area contributed by atoms with Crippen LogP contribution in [0.3, 0.4) is 0 Å². The van der Waals surface area contributed by atoms with Gasteiger partial charge in [0, 0.05) is 6.42 Å². The summed E-state index contributed by atoms with van der Waals surface area (Å²) in [4.78, 5) is 23.1. The Kier molecular flexibility index (Phi) is 5.42. The second-order valence-electron chi connectivity index (χ2n) is 5.44. The second kappa shape index (κ2) is 6.84. The van der Waals surface area contributed by atoms with Crippen molar-refractivity contribution < 1.29 is 18.7 Å². The number of ether oxygens (including phenoxy) is 1. The van der Waals surface area contributed by atoms with E-state index in [1.807, 2.05) is 0 Å². The fourth-order valence-corrected chi connectivity index (χ4v) is 1.51. The number of hydrogen-bond acceptors (Lipinski definition) is 4. The van der Waals surface area contributed by atoms with Gasteiger partial charge in [0.25, 0.3) is 0 Å². The highest BCUT2D eigenvalue weighted by Crippen LogP contribution is 2.16. The van der Waals surface area contributed by atoms with E-state index in [-0.39, 0.29) is 24.1 Å². The zero-order valence-electron chi connectivity index (χ0n) is 12.2. The van der Waals surface area contributed by atoms with Crippen LogP contribution in [0.1, 0.15) is 39.2 Å². The van der Waals surface area contributed by atoms with E-state index >= 15 is 0 Å². The molecule has 0 spiro atoms. The summed E-state index contributed by atoms with van der Waals surface area (Å²) in [6.07, 6.45) is -0.185. The van der Waals surface area contributed by atoms with Crippen molar-refractivity contribution in [2.75, 3.05) is 5.32 Å². The van der Waals surface area contributed by atoms with Gasteiger partial charge in [-0.1, -0.05) is 0 Å². The summed E-state index contributed by atoms with van der Waals surface area (Å²) < 4.78 is 18.6. The van der Waals surface area contributed by atoms with E-state index < -0.39 is 23.3 Å². The lowest BCUT2D eigenvalue weighted by molar-refractivity contribution is -0.155. The van der Waals surface area contributed by atoms with Crippen LogP contribution < -0.4 is 5.32 Å². The van der Waals surface area contributed by atoms with E-state index in [0.29, 0.717) is 0 Å². The molecule has 5 nitrogen and oxygen atoms in total. The zero-order chi connectivity index (χ0) is 16.0. The molecule has 1 aromatic carbocycles. The van der Waals surface area contributed by atoms with E-state index in [0.717, 1.165) is 6.07 Å². The van der Waals surface area contributed by atoms with Crippen LogP contribution in [0.15, 0.2) is 18.2 Å². The number of nitrogens with zero attached hydrogens (tertiary/aromatic N) is 1. The van der Waals surface area contributed by atoms with Crippen molar-refractivity contribution in [3.63, 3.8) is 0 Å². The van der Waals surface area contributed by atoms with Gasteiger partial charge in [-0.15, -0.1) is 0 Å². The Labute approximate surface area is 122 Å². The van der Waals surface area contributed by atoms with Crippen molar-refractivity contribution in [1.29, 1.82) is 5.26 Å². The minimum absolute atomic E-state index is 0.0248. The van der Waals surface area contributed by atoms with Crippen molar-refractivity contribution >= 4 is 17.6 Å². The smallest absolute Gasteiger partial charge is 0.306 e. The van der Waals surface area contributed by atoms with Gasteiger partial charge in [0.05, 0.1) is 23.7 Å². The van der Waals surface area contributed by atoms with E-state index in [4.69, 9.17) is 10.00 Å². The first-order valence-corrected chi connectivity index (χ1v) is 6.42. The molecule has 1 N–H and O–H groups in total. The van der Waals surface area contributed by atoms with Gasteiger partial charge in [0.15, 0.2) is 0 Å². The van der Waals surface area contributed by atoms with E-state index in [1.54, 1.807) is 26.8 Å². The van der Waals surface area contributed by atoms with Crippen LogP contribution in [0.5, 0.6) is 0 Å². The minimum Gasteiger partial charge on any atom is -0.460 e. The summed E-state index contributed by atoms with van der Waals surface area (Å²) in [6, 6.07) is 5.53. The number of halogens is 1. The van der Waals surface area contributed by atoms with Crippen LogP contribution in [0.2, 0.25) is 0 Å². The van der Waals surface area contributed by atoms with Crippen molar-refractivity contribution in [1.82, 2.24) is 0 Å². The fourth-order valence-electron chi connectivity index (χ4n) is 1.51. The standard InChI is InChI=1S/C15H17FN2O3/c1-15(2,3)21-14(20)7-6-13(19)18-12-5-4-10(9-17)8-11(12)16/h4-5,8H,6-7H2,1-3H3,(H,18,19). The van der Waals surface area contributed by atoms with Crippen molar-refractivity contribution in [3.8, 4) is 6.07 Å². The van der Waals surface area contributed by atoms with Crippen LogP contribution in [0.25, 0.3) is 0 Å². The number of carbonyl (C=O) groups is 2. The Balaban J connectivity index is 2.51. The quantitative estimate of drug-likeness (QED) is 0.865. The molecule has 1 aromatic rings. The topological polar surface area (TPSA) is 79.2 Å². The van der Waals surface area contributed by atoms with Crippen LogP contribution in [-0.4, -0.2) is 17.5 Å². The molecular weight excluding hydrogens is 275 g/mol. The van der Waals surface area contributed by atoms with Gasteiger partial charge >= 0.3 is 5.97 Å². The monoisotopic (exact) mass is 292 g/mol. The molecule has 0 aliphatic carbocycles. The zero-order valence-corrected chi connectivity index (χ0v) is 12.2. The predicted octanol–water partition coefficient (Wildman–Crippen LogP) is 2.76. The van der Waals surface area contributed by atoms with Crippen LogP contribution in [0.4, 0.5) is 10.1 Å². The number of esters is 1. The number of benzene rings is 1. The van der Waals surface area contributed by atoms with Crippen molar-refractivity contribution in [3.05, 3.63) is 29.6 Å². The number of rotatable bonds is 4. The molecule has 6 heteroatoms. The fraction of sp³-hybridized carbons (Fsp3) is 0.400. The van der Waals surface area contributed by atoms with Gasteiger partial charge in [-0.25, -0.2) is 4.39 Å². The Morgan fingerprint density at radius 1 is 1.33 bits per heavy atom. The van der Waals surface area contributed by atoms with Crippen LogP contribution in [0, 0.1) is 17.1 Å². The molecule has 0 fully saturated rings. The molecule has 0 radical (unpaired) electrons. The average molecular weight is 292 g/mol. The Morgan fingerprint density at radius 2 is 2.00 bits per heavy atom. The highest BCUT2D eigenvalue weighted by atomic mass is 19.1. The highest BCUT2D eigenvalue weighted by Gasteiger charge is 2.17. The highest BCUT2D eigenvalue weighted by molar-refractivity contribution is 5.92. The molecule has 0 aliphatic rings. The maximum absolute atomic E-state index is 13.6. The molecule has 0 aromatic heterocycles. The van der Waals surface area contributed by atoms with E-state index in [9.17, 15) is 14.0 Å². The maximum Gasteiger partial charge on any atom is 0.306 e. The van der Waals surface area contributed by atoms with E-state index in [1.165, 1.54) is 12.1 Å². The molecule has 0 heterocycles. The largest absolute Gasteiger partial charge is 0.460 e. The van der Waals surface area contributed by atoms with Crippen molar-refractivity contribution in [2.45, 2.75) is 39.2 Å². The van der Waals surface area contributed by atoms with Gasteiger partial charge in [-0.3, -0.25) is 9.59 Å². The first-order valence-electron chi connectivity index (χ1n) is 6.42. The molecule has 0 saturated heterocycles. The summed E-state index contributed by atoms with van der Waals surface area (Å²) in [6.45, 7) is 5.20. The van der Waals surface area contributed by atoms with Gasteiger partial charge < -0.3 is 10.1 Å². The van der Waals surface area contributed by atoms with Gasteiger partial charge in [-0.05, 0) is 39.0 Å². The SMILES string of the molecule is CC(C)(C)OC(=O)CCC(=O)Nc1ccc(C#N)cc1F. The first-order chi connectivity index (χ1) is 9.71. The third kappa shape index (κ3) is 6.04. The summed E-state index contributed by atoms with van der Waals surface area (Å²) >= 11 is 0. The molecular formula is C15H17FN2O3. The lowest BCUT2D eigenvalue weighted by Gasteiger charge is -2.19. The van der Waals surface area contributed by atoms with Crippen LogP contribution >= 0.6 is 0 Å². The molecule has 0 unspecified atom stereocenters.